The van der Waals surface area contributed by atoms with Gasteiger partial charge in [-0.3, -0.25) is 9.69 Å². The molecule has 1 aromatic heterocycles. The third-order valence-electron chi connectivity index (χ3n) is 8.60. The van der Waals surface area contributed by atoms with Crippen LogP contribution in [-0.2, 0) is 29.1 Å². The molecule has 2 amide bonds. The maximum atomic E-state index is 14.7. The van der Waals surface area contributed by atoms with Crippen molar-refractivity contribution in [1.29, 1.82) is 0 Å². The number of piperazine rings is 1. The first-order valence-electron chi connectivity index (χ1n) is 15.7. The van der Waals surface area contributed by atoms with Crippen LogP contribution in [0, 0.1) is 11.7 Å². The van der Waals surface area contributed by atoms with Crippen LogP contribution in [0.25, 0.3) is 0 Å². The number of carbonyl (C=O) groups excluding carboxylic acids is 2. The van der Waals surface area contributed by atoms with E-state index in [0.29, 0.717) is 50.6 Å². The van der Waals surface area contributed by atoms with E-state index in [2.05, 4.69) is 21.2 Å². The first-order chi connectivity index (χ1) is 21.9. The number of carbonyl (C=O) groups is 2. The molecule has 1 atom stereocenters. The largest absolute Gasteiger partial charge is 0.493 e. The van der Waals surface area contributed by atoms with Crippen molar-refractivity contribution in [3.63, 3.8) is 0 Å². The molecular formula is C34H42ClFN4O4S. The van der Waals surface area contributed by atoms with Crippen molar-refractivity contribution < 1.29 is 23.5 Å². The predicted octanol–water partition coefficient (Wildman–Crippen LogP) is 5.83. The van der Waals surface area contributed by atoms with Gasteiger partial charge in [0.1, 0.15) is 24.2 Å². The van der Waals surface area contributed by atoms with Crippen molar-refractivity contribution in [2.45, 2.75) is 45.4 Å². The fraction of sp³-hybridized carbons (Fsp3) is 0.471. The van der Waals surface area contributed by atoms with Gasteiger partial charge in [-0.1, -0.05) is 48.0 Å². The lowest BCUT2D eigenvalue weighted by molar-refractivity contribution is -0.137. The summed E-state index contributed by atoms with van der Waals surface area (Å²) >= 11 is 7.71. The van der Waals surface area contributed by atoms with Crippen LogP contribution in [0.5, 0.6) is 5.75 Å². The third kappa shape index (κ3) is 9.42. The Kier molecular flexibility index (Phi) is 12.1. The van der Waals surface area contributed by atoms with Crippen LogP contribution in [0.3, 0.4) is 0 Å². The number of thiophene rings is 1. The zero-order valence-corrected chi connectivity index (χ0v) is 27.3. The molecule has 3 heterocycles. The van der Waals surface area contributed by atoms with Crippen LogP contribution < -0.4 is 10.1 Å². The van der Waals surface area contributed by atoms with E-state index in [1.807, 2.05) is 48.2 Å². The smallest absolute Gasteiger partial charge is 0.408 e. The van der Waals surface area contributed by atoms with Crippen molar-refractivity contribution in [2.75, 3.05) is 52.4 Å². The first kappa shape index (κ1) is 33.2. The quantitative estimate of drug-likeness (QED) is 0.264. The van der Waals surface area contributed by atoms with E-state index in [0.717, 1.165) is 48.8 Å². The Labute approximate surface area is 274 Å². The molecule has 0 aliphatic carbocycles. The molecule has 242 valence electrons. The number of amides is 2. The summed E-state index contributed by atoms with van der Waals surface area (Å²) in [6.07, 6.45) is 1.95. The number of rotatable bonds is 12. The van der Waals surface area contributed by atoms with Gasteiger partial charge in [0.25, 0.3) is 0 Å². The summed E-state index contributed by atoms with van der Waals surface area (Å²) in [6, 6.07) is 17.7. The Morgan fingerprint density at radius 1 is 0.978 bits per heavy atom. The molecular weight excluding hydrogens is 615 g/mol. The fourth-order valence-corrected chi connectivity index (χ4v) is 7.14. The van der Waals surface area contributed by atoms with Gasteiger partial charge in [0.2, 0.25) is 5.91 Å². The van der Waals surface area contributed by atoms with Crippen molar-refractivity contribution >= 4 is 34.9 Å². The highest BCUT2D eigenvalue weighted by molar-refractivity contribution is 7.16. The summed E-state index contributed by atoms with van der Waals surface area (Å²) in [4.78, 5) is 34.6. The Hall–Kier alpha value is -3.18. The Morgan fingerprint density at radius 2 is 1.73 bits per heavy atom. The van der Waals surface area contributed by atoms with Crippen LogP contribution in [0.4, 0.5) is 9.18 Å². The highest BCUT2D eigenvalue weighted by Crippen LogP contribution is 2.27. The van der Waals surface area contributed by atoms with Crippen molar-refractivity contribution in [2.24, 2.45) is 5.92 Å². The van der Waals surface area contributed by atoms with Crippen molar-refractivity contribution in [1.82, 2.24) is 20.0 Å². The van der Waals surface area contributed by atoms with Gasteiger partial charge >= 0.3 is 6.09 Å². The number of halogens is 2. The van der Waals surface area contributed by atoms with E-state index in [1.165, 1.54) is 10.9 Å². The summed E-state index contributed by atoms with van der Waals surface area (Å²) in [5.41, 5.74) is 1.42. The maximum absolute atomic E-state index is 14.7. The number of hydrogen-bond donors (Lipinski definition) is 1. The first-order valence-corrected chi connectivity index (χ1v) is 16.9. The minimum Gasteiger partial charge on any atom is -0.493 e. The van der Waals surface area contributed by atoms with Crippen molar-refractivity contribution in [3.05, 3.63) is 86.8 Å². The van der Waals surface area contributed by atoms with E-state index in [9.17, 15) is 14.0 Å². The van der Waals surface area contributed by atoms with Crippen LogP contribution in [-0.4, -0.2) is 85.2 Å². The van der Waals surface area contributed by atoms with Gasteiger partial charge < -0.3 is 24.6 Å². The lowest BCUT2D eigenvalue weighted by atomic mass is 9.88. The second kappa shape index (κ2) is 16.4. The van der Waals surface area contributed by atoms with Crippen LogP contribution >= 0.6 is 22.9 Å². The van der Waals surface area contributed by atoms with Crippen LogP contribution in [0.1, 0.15) is 35.8 Å². The molecule has 11 heteroatoms. The molecule has 3 aromatic rings. The number of alkyl carbamates (subject to hydrolysis) is 1. The van der Waals surface area contributed by atoms with Crippen molar-refractivity contribution in [3.8, 4) is 5.75 Å². The van der Waals surface area contributed by atoms with E-state index < -0.39 is 12.1 Å². The maximum Gasteiger partial charge on any atom is 0.408 e. The van der Waals surface area contributed by atoms with Gasteiger partial charge in [0.15, 0.2) is 0 Å². The molecule has 1 N–H and O–H groups in total. The van der Waals surface area contributed by atoms with Crippen LogP contribution in [0.15, 0.2) is 60.7 Å². The molecule has 0 radical (unpaired) electrons. The van der Waals surface area contributed by atoms with Crippen LogP contribution in [0.2, 0.25) is 4.34 Å². The van der Waals surface area contributed by atoms with E-state index in [-0.39, 0.29) is 24.2 Å². The number of piperidine rings is 1. The minimum absolute atomic E-state index is 0.000553. The normalized spacial score (nSPS) is 17.2. The number of ether oxygens (including phenoxy) is 2. The van der Waals surface area contributed by atoms with Gasteiger partial charge in [0, 0.05) is 49.7 Å². The second-order valence-corrected chi connectivity index (χ2v) is 13.4. The predicted molar refractivity (Wildman–Crippen MR) is 175 cm³/mol. The zero-order valence-electron chi connectivity index (χ0n) is 25.8. The lowest BCUT2D eigenvalue weighted by Crippen LogP contribution is -2.58. The molecule has 2 aromatic carbocycles. The molecule has 0 unspecified atom stereocenters. The molecule has 0 saturated carbocycles. The lowest BCUT2D eigenvalue weighted by Gasteiger charge is -2.40. The number of nitrogens with one attached hydrogen (secondary N) is 1. The Balaban J connectivity index is 1.19. The Morgan fingerprint density at radius 3 is 2.42 bits per heavy atom. The summed E-state index contributed by atoms with van der Waals surface area (Å²) in [6.45, 7) is 7.72. The Bertz CT molecular complexity index is 1390. The average Bonchev–Trinajstić information content (AvgIpc) is 3.49. The number of hydrogen-bond acceptors (Lipinski definition) is 7. The zero-order chi connectivity index (χ0) is 31.6. The van der Waals surface area contributed by atoms with Gasteiger partial charge in [-0.2, -0.15) is 0 Å². The minimum atomic E-state index is -0.672. The number of nitrogens with zero attached hydrogens (tertiary/aromatic N) is 3. The monoisotopic (exact) mass is 656 g/mol. The molecule has 0 spiro atoms. The van der Waals surface area contributed by atoms with Gasteiger partial charge in [-0.15, -0.1) is 11.3 Å². The summed E-state index contributed by atoms with van der Waals surface area (Å²) in [5.74, 6) is 0.182. The van der Waals surface area contributed by atoms with E-state index in [1.54, 1.807) is 23.5 Å². The highest BCUT2D eigenvalue weighted by Gasteiger charge is 2.36. The molecule has 2 fully saturated rings. The van der Waals surface area contributed by atoms with Gasteiger partial charge in [-0.05, 0) is 75.0 Å². The molecule has 2 aliphatic rings. The topological polar surface area (TPSA) is 74.3 Å². The highest BCUT2D eigenvalue weighted by atomic mass is 35.5. The van der Waals surface area contributed by atoms with E-state index >= 15 is 0 Å². The SMILES string of the molecule is CCOc1cccc(F)c1CN1CCN(C(=O)[C@H](NC(=O)OCc2ccccc2)C2CCN(CCc3ccc(Cl)s3)CC2)CC1. The third-order valence-corrected chi connectivity index (χ3v) is 9.89. The molecule has 8 nitrogen and oxygen atoms in total. The summed E-state index contributed by atoms with van der Waals surface area (Å²) in [5, 5.41) is 2.95. The molecule has 0 bridgehead atoms. The molecule has 5 rings (SSSR count). The average molecular weight is 657 g/mol. The molecule has 2 saturated heterocycles. The fourth-order valence-electron chi connectivity index (χ4n) is 6.07. The summed E-state index contributed by atoms with van der Waals surface area (Å²) in [7, 11) is 0. The van der Waals surface area contributed by atoms with E-state index in [4.69, 9.17) is 21.1 Å². The summed E-state index contributed by atoms with van der Waals surface area (Å²) < 4.78 is 26.7. The number of benzene rings is 2. The number of likely N-dealkylation sites (tertiary alicyclic amines) is 1. The van der Waals surface area contributed by atoms with Gasteiger partial charge in [-0.25, -0.2) is 9.18 Å². The molecule has 2 aliphatic heterocycles. The standard InChI is InChI=1S/C34H42ClFN4O4S/c1-2-43-30-10-6-9-29(36)28(30)23-39-19-21-40(22-20-39)33(41)32(37-34(42)44-24-25-7-4-3-5-8-25)26-13-16-38(17-14-26)18-15-27-11-12-31(35)45-27/h3-12,26,32H,2,13-24H2,1H3,(H,37,42)/t32-/m1/s1. The second-order valence-electron chi connectivity index (χ2n) is 11.6. The van der Waals surface area contributed by atoms with Gasteiger partial charge in [0.05, 0.1) is 10.9 Å². The molecule has 45 heavy (non-hydrogen) atoms.